The average molecular weight is 1470 g/mol. The largest absolute Gasteiger partial charge is 0.482 e. The highest BCUT2D eigenvalue weighted by molar-refractivity contribution is 7.35. The van der Waals surface area contributed by atoms with Crippen LogP contribution in [0.15, 0.2) is 0 Å². The molecule has 0 aromatic rings. The van der Waals surface area contributed by atoms with Crippen molar-refractivity contribution in [1.82, 2.24) is 0 Å². The zero-order valence-corrected chi connectivity index (χ0v) is 69.5. The minimum absolute atomic E-state index is 0.241. The van der Waals surface area contributed by atoms with Crippen LogP contribution in [0.4, 0.5) is 0 Å². The van der Waals surface area contributed by atoms with Gasteiger partial charge in [0.05, 0.1) is 0 Å². The Balaban J connectivity index is 1.13. The first-order chi connectivity index (χ1) is 35.6. The van der Waals surface area contributed by atoms with E-state index in [1.165, 1.54) is 0 Å². The Morgan fingerprint density at radius 3 is 0.519 bits per heavy atom. The third kappa shape index (κ3) is 14.0. The summed E-state index contributed by atoms with van der Waals surface area (Å²) in [5.74, 6) is 0. The Kier molecular flexibility index (Phi) is 17.5. The fourth-order valence-electron chi connectivity index (χ4n) is 11.8. The molecule has 20 atom stereocenters. The molecule has 0 spiro atoms. The van der Waals surface area contributed by atoms with Gasteiger partial charge in [-0.2, -0.15) is 0 Å². The summed E-state index contributed by atoms with van der Waals surface area (Å²) in [6.07, 6.45) is 0. The van der Waals surface area contributed by atoms with Gasteiger partial charge in [-0.05, 0) is 40.8 Å². The van der Waals surface area contributed by atoms with Crippen molar-refractivity contribution < 1.29 is 129 Å². The lowest BCUT2D eigenvalue weighted by atomic mass is 10.9. The molecule has 31 nitrogen and oxygen atoms in total. The lowest BCUT2D eigenvalue weighted by Gasteiger charge is -2.58. The van der Waals surface area contributed by atoms with Gasteiger partial charge in [0.2, 0.25) is 0 Å². The van der Waals surface area contributed by atoms with Crippen molar-refractivity contribution in [3.05, 3.63) is 0 Å². The molecular weight excluding hydrogens is 1390 g/mol. The number of rotatable bonds is 8. The molecule has 0 saturated carbocycles. The van der Waals surface area contributed by atoms with Gasteiger partial charge in [0, 0.05) is 144 Å². The first-order valence-corrected chi connectivity index (χ1v) is 71.8. The highest BCUT2D eigenvalue weighted by Gasteiger charge is 2.81. The van der Waals surface area contributed by atoms with Gasteiger partial charge in [-0.25, -0.2) is 0 Å². The third-order valence-corrected chi connectivity index (χ3v) is 106. The van der Waals surface area contributed by atoms with Crippen molar-refractivity contribution in [3.63, 3.8) is 0 Å². The Hall–Kier alpha value is 3.10. The van der Waals surface area contributed by atoms with Gasteiger partial charge in [-0.3, -0.25) is 0 Å². The van der Waals surface area contributed by atoms with Crippen LogP contribution in [-0.2, 0) is 129 Å². The summed E-state index contributed by atoms with van der Waals surface area (Å²) in [5.41, 5.74) is 0. The second-order valence-electron chi connectivity index (χ2n) is 21.9. The molecular formula is C28H80O31Si20. The van der Waals surface area contributed by atoms with E-state index in [4.69, 9.17) is 129 Å². The summed E-state index contributed by atoms with van der Waals surface area (Å²) in [6, 6.07) is 0. The fraction of sp³-hybridized carbons (Fsp3) is 1.00. The summed E-state index contributed by atoms with van der Waals surface area (Å²) in [7, 11) is -82.1. The van der Waals surface area contributed by atoms with Crippen molar-refractivity contribution in [2.75, 3.05) is 26.4 Å². The molecule has 79 heavy (non-hydrogen) atoms. The minimum Gasteiger partial charge on any atom is -0.394 e. The third-order valence-electron chi connectivity index (χ3n) is 12.5. The molecule has 0 aliphatic carbocycles. The second-order valence-corrected chi connectivity index (χ2v) is 85.4. The molecule has 9 aliphatic rings. The van der Waals surface area contributed by atoms with Crippen LogP contribution in [0.5, 0.6) is 0 Å². The van der Waals surface area contributed by atoms with E-state index in [9.17, 15) is 0 Å². The molecule has 0 radical (unpaired) electrons. The van der Waals surface area contributed by atoms with Crippen LogP contribution < -0.4 is 0 Å². The van der Waals surface area contributed by atoms with Crippen LogP contribution in [0.25, 0.3) is 0 Å². The Labute approximate surface area is 485 Å². The summed E-state index contributed by atoms with van der Waals surface area (Å²) in [5, 5.41) is 0. The SMILES string of the molecule is CCO[Si]1(C)O[Si](C)(OCC)O[Si]2(C)O[Si](C)(O1)O[Si]1(C)O[Si](C)(O2)O[Si]2(C)O[Si](C)(O1)O[Si]1(C)O[Si](C)(O2)O[Si]2(C)O[Si](C)(O1)O[Si]1(C)O[Si](C)(O2)O[Si]2(C)O[Si](C)(O1)O[Si]1(C)O[Si](C)(OCC)O[Si](C)(OCC)[Si](C)(O2)O1. The summed E-state index contributed by atoms with van der Waals surface area (Å²) < 4.78 is 216. The first kappa shape index (κ1) is 66.5. The molecule has 458 valence electrons. The molecule has 0 N–H and O–H groups in total. The summed E-state index contributed by atoms with van der Waals surface area (Å²) >= 11 is 0. The normalized spacial score (nSPS) is 58.9. The number of hydrogen-bond donors (Lipinski definition) is 0. The maximum absolute atomic E-state index is 7.27. The predicted molar refractivity (Wildman–Crippen MR) is 308 cm³/mol. The van der Waals surface area contributed by atoms with Gasteiger partial charge >= 0.3 is 175 Å². The maximum atomic E-state index is 7.27. The Bertz CT molecular complexity index is 2380. The van der Waals surface area contributed by atoms with Crippen LogP contribution in [0.1, 0.15) is 27.7 Å². The van der Waals surface area contributed by atoms with Gasteiger partial charge in [0.1, 0.15) is 0 Å². The van der Waals surface area contributed by atoms with Gasteiger partial charge in [0.25, 0.3) is 0 Å². The molecule has 0 aromatic heterocycles. The lowest BCUT2D eigenvalue weighted by molar-refractivity contribution is -0.000195. The van der Waals surface area contributed by atoms with Gasteiger partial charge in [-0.1, -0.05) is 0 Å². The molecule has 0 amide bonds. The van der Waals surface area contributed by atoms with Crippen LogP contribution in [0.2, 0.25) is 131 Å². The molecule has 16 bridgehead atoms. The molecule has 9 fully saturated rings. The van der Waals surface area contributed by atoms with E-state index in [2.05, 4.69) is 0 Å². The van der Waals surface area contributed by atoms with E-state index in [1.54, 1.807) is 118 Å². The van der Waals surface area contributed by atoms with Crippen LogP contribution in [0.3, 0.4) is 0 Å². The van der Waals surface area contributed by atoms with E-state index in [0.717, 1.165) is 0 Å². The van der Waals surface area contributed by atoms with E-state index in [-0.39, 0.29) is 26.4 Å². The second kappa shape index (κ2) is 20.8. The van der Waals surface area contributed by atoms with Crippen molar-refractivity contribution in [2.24, 2.45) is 0 Å². The molecule has 9 aliphatic heterocycles. The van der Waals surface area contributed by atoms with E-state index >= 15 is 0 Å². The Morgan fingerprint density at radius 1 is 0.177 bits per heavy atom. The Morgan fingerprint density at radius 2 is 0.329 bits per heavy atom. The van der Waals surface area contributed by atoms with E-state index < -0.39 is 175 Å². The van der Waals surface area contributed by atoms with Gasteiger partial charge in [0.15, 0.2) is 0 Å². The maximum Gasteiger partial charge on any atom is 0.482 e. The monoisotopic (exact) mass is 1470 g/mol. The van der Waals surface area contributed by atoms with Crippen LogP contribution >= 0.6 is 0 Å². The summed E-state index contributed by atoms with van der Waals surface area (Å²) in [6.45, 7) is 42.3. The average Bonchev–Trinajstić information content (AvgIpc) is 3.15. The number of hydrogen-bond acceptors (Lipinski definition) is 31. The molecule has 51 heteroatoms. The molecule has 9 rings (SSSR count). The first-order valence-electron chi connectivity index (χ1n) is 26.1. The van der Waals surface area contributed by atoms with Crippen LogP contribution in [0, 0.1) is 0 Å². The van der Waals surface area contributed by atoms with Gasteiger partial charge in [-0.15, -0.1) is 0 Å². The molecule has 0 aromatic carbocycles. The van der Waals surface area contributed by atoms with Crippen molar-refractivity contribution >= 4 is 175 Å². The standard InChI is InChI=1S/C28H80O31Si20/c1-25-29-60(5)33-61(6,30-26-2)35-64(9)37-63(8,34-60)38-65(10)40-66(11,39-64)42-68(13)43-67(12,41-65)44-69(14)46-70(15,45-68)48-72(17)49-71(16,47-69)50-73(18)52-74(19,51-72)55-77(22)56-75(20,53-73)54-76(21)36-62(7,31-27-3)57-78(23,32-28-4)79(24,58-76)59-77/h25-28H2,1-24H3. The quantitative estimate of drug-likeness (QED) is 0.308. The van der Waals surface area contributed by atoms with E-state index in [0.29, 0.717) is 0 Å². The predicted octanol–water partition coefficient (Wildman–Crippen LogP) is 4.16. The molecule has 9 saturated heterocycles. The number of fused-ring (bicyclic) bond motifs is 16. The van der Waals surface area contributed by atoms with Crippen molar-refractivity contribution in [1.29, 1.82) is 0 Å². The minimum atomic E-state index is -4.37. The zero-order valence-electron chi connectivity index (χ0n) is 49.5. The smallest absolute Gasteiger partial charge is 0.394 e. The van der Waals surface area contributed by atoms with Crippen LogP contribution in [-0.4, -0.2) is 201 Å². The topological polar surface area (TPSA) is 286 Å². The van der Waals surface area contributed by atoms with Crippen molar-refractivity contribution in [3.8, 4) is 0 Å². The van der Waals surface area contributed by atoms with Gasteiger partial charge < -0.3 is 129 Å². The van der Waals surface area contributed by atoms with E-state index in [1.807, 2.05) is 40.8 Å². The molecule has 20 unspecified atom stereocenters. The fourth-order valence-corrected chi connectivity index (χ4v) is 129. The van der Waals surface area contributed by atoms with Crippen molar-refractivity contribution in [2.45, 2.75) is 159 Å². The molecule has 9 heterocycles. The lowest BCUT2D eigenvalue weighted by Crippen LogP contribution is -2.84. The highest BCUT2D eigenvalue weighted by Crippen LogP contribution is 2.50. The summed E-state index contributed by atoms with van der Waals surface area (Å²) in [4.78, 5) is 0. The highest BCUT2D eigenvalue weighted by atomic mass is 29.3. The zero-order chi connectivity index (χ0) is 58.7.